The molecule has 3 aromatic rings. The number of sulfonamides is 1. The number of aromatic amines is 1. The summed E-state index contributed by atoms with van der Waals surface area (Å²) in [5.74, 6) is -0.965. The Labute approximate surface area is 141 Å². The lowest BCUT2D eigenvalue weighted by atomic mass is 10.2. The quantitative estimate of drug-likeness (QED) is 0.514. The largest absolute Gasteiger partial charge is 0.493 e. The number of nitrogen functional groups attached to an aromatic ring is 1. The van der Waals surface area contributed by atoms with Crippen LogP contribution < -0.4 is 16.1 Å². The Morgan fingerprint density at radius 2 is 2.00 bits per heavy atom. The molecule has 5 N–H and O–H groups in total. The Morgan fingerprint density at radius 1 is 1.36 bits per heavy atom. The zero-order chi connectivity index (χ0) is 18.4. The van der Waals surface area contributed by atoms with Crippen LogP contribution in [-0.2, 0) is 10.0 Å². The molecule has 0 unspecified atom stereocenters. The molecule has 0 aliphatic heterocycles. The maximum atomic E-state index is 12.5. The molecular formula is C14H12N6O4S. The van der Waals surface area contributed by atoms with Crippen LogP contribution in [0.4, 0.5) is 5.82 Å². The van der Waals surface area contributed by atoms with Crippen molar-refractivity contribution in [3.05, 3.63) is 45.7 Å². The summed E-state index contributed by atoms with van der Waals surface area (Å²) in [5.41, 5.74) is 4.87. The van der Waals surface area contributed by atoms with E-state index in [0.29, 0.717) is 4.68 Å². The minimum Gasteiger partial charge on any atom is -0.493 e. The van der Waals surface area contributed by atoms with Gasteiger partial charge < -0.3 is 10.8 Å². The third-order valence-corrected chi connectivity index (χ3v) is 4.87. The number of nitrogens with zero attached hydrogens (tertiary/aromatic N) is 3. The standard InChI is InChI=1S/C14H12N6O4S/c1-7-2-4-8(5-3-7)25(23,24)19-20-13(21)9(6-15)11-10(14(20)22)12(16)18-17-11/h2-5,17,19,22H,1H3,(H2,16,18). The molecule has 0 amide bonds. The van der Waals surface area contributed by atoms with E-state index in [0.717, 1.165) is 5.56 Å². The molecule has 3 rings (SSSR count). The number of rotatable bonds is 3. The van der Waals surface area contributed by atoms with E-state index in [1.807, 2.05) is 4.83 Å². The van der Waals surface area contributed by atoms with Crippen molar-refractivity contribution in [3.8, 4) is 11.9 Å². The van der Waals surface area contributed by atoms with Crippen LogP contribution in [0.25, 0.3) is 10.9 Å². The Balaban J connectivity index is 2.23. The van der Waals surface area contributed by atoms with Crippen molar-refractivity contribution in [1.82, 2.24) is 14.9 Å². The van der Waals surface area contributed by atoms with Gasteiger partial charge in [0.05, 0.1) is 10.4 Å². The number of aromatic hydroxyl groups is 1. The summed E-state index contributed by atoms with van der Waals surface area (Å²) in [7, 11) is -4.19. The Morgan fingerprint density at radius 3 is 2.60 bits per heavy atom. The van der Waals surface area contributed by atoms with E-state index in [4.69, 9.17) is 5.73 Å². The van der Waals surface area contributed by atoms with Crippen molar-refractivity contribution < 1.29 is 13.5 Å². The number of H-pyrrole nitrogens is 1. The van der Waals surface area contributed by atoms with E-state index >= 15 is 0 Å². The third kappa shape index (κ3) is 2.54. The molecule has 0 saturated carbocycles. The molecule has 0 radical (unpaired) electrons. The van der Waals surface area contributed by atoms with E-state index in [1.165, 1.54) is 12.1 Å². The number of nitriles is 1. The average molecular weight is 360 g/mol. The first kappa shape index (κ1) is 16.3. The van der Waals surface area contributed by atoms with Crippen LogP contribution in [0, 0.1) is 18.3 Å². The van der Waals surface area contributed by atoms with Crippen molar-refractivity contribution in [2.75, 3.05) is 10.6 Å². The monoisotopic (exact) mass is 360 g/mol. The molecule has 0 saturated heterocycles. The van der Waals surface area contributed by atoms with Crippen LogP contribution in [0.5, 0.6) is 5.88 Å². The topological polar surface area (TPSA) is 167 Å². The molecule has 0 aliphatic carbocycles. The number of anilines is 1. The van der Waals surface area contributed by atoms with Crippen LogP contribution >= 0.6 is 0 Å². The van der Waals surface area contributed by atoms with Gasteiger partial charge in [0.1, 0.15) is 17.0 Å². The lowest BCUT2D eigenvalue weighted by molar-refractivity contribution is 0.435. The Bertz CT molecular complexity index is 1190. The number of nitrogens with two attached hydrogens (primary N) is 1. The van der Waals surface area contributed by atoms with Crippen LogP contribution in [-0.4, -0.2) is 28.4 Å². The zero-order valence-corrected chi connectivity index (χ0v) is 13.6. The maximum absolute atomic E-state index is 12.5. The molecule has 2 aromatic heterocycles. The van der Waals surface area contributed by atoms with E-state index < -0.39 is 27.0 Å². The Hall–Kier alpha value is -3.52. The van der Waals surface area contributed by atoms with E-state index in [1.54, 1.807) is 25.1 Å². The number of fused-ring (bicyclic) bond motifs is 1. The second-order valence-corrected chi connectivity index (χ2v) is 6.88. The van der Waals surface area contributed by atoms with Crippen LogP contribution in [0.2, 0.25) is 0 Å². The minimum atomic E-state index is -4.19. The van der Waals surface area contributed by atoms with Crippen LogP contribution in [0.15, 0.2) is 34.0 Å². The number of hydrogen-bond donors (Lipinski definition) is 4. The zero-order valence-electron chi connectivity index (χ0n) is 12.8. The fraction of sp³-hybridized carbons (Fsp3) is 0.0714. The van der Waals surface area contributed by atoms with Gasteiger partial charge in [-0.15, -0.1) is 0 Å². The Kier molecular flexibility index (Phi) is 3.62. The predicted octanol–water partition coefficient (Wildman–Crippen LogP) is 0.125. The number of nitrogens with one attached hydrogen (secondary N) is 2. The lowest BCUT2D eigenvalue weighted by Gasteiger charge is -2.13. The fourth-order valence-corrected chi connectivity index (χ4v) is 3.28. The first-order valence-corrected chi connectivity index (χ1v) is 8.35. The SMILES string of the molecule is Cc1ccc(S(=O)(=O)Nn2c(O)c3c(N)n[nH]c3c(C#N)c2=O)cc1. The van der Waals surface area contributed by atoms with Crippen LogP contribution in [0.1, 0.15) is 11.1 Å². The summed E-state index contributed by atoms with van der Waals surface area (Å²) in [6.45, 7) is 1.79. The summed E-state index contributed by atoms with van der Waals surface area (Å²) in [4.78, 5) is 14.2. The second kappa shape index (κ2) is 5.53. The normalized spacial score (nSPS) is 11.4. The second-order valence-electron chi connectivity index (χ2n) is 5.22. The highest BCUT2D eigenvalue weighted by Crippen LogP contribution is 2.28. The first-order valence-electron chi connectivity index (χ1n) is 6.87. The molecule has 10 nitrogen and oxygen atoms in total. The molecule has 0 spiro atoms. The molecule has 11 heteroatoms. The number of benzene rings is 1. The van der Waals surface area contributed by atoms with Gasteiger partial charge in [0.15, 0.2) is 5.82 Å². The summed E-state index contributed by atoms with van der Waals surface area (Å²) in [6.07, 6.45) is 0. The highest BCUT2D eigenvalue weighted by molar-refractivity contribution is 7.92. The summed E-state index contributed by atoms with van der Waals surface area (Å²) in [5, 5.41) is 25.3. The van der Waals surface area contributed by atoms with Gasteiger partial charge in [-0.25, -0.2) is 4.83 Å². The maximum Gasteiger partial charge on any atom is 0.293 e. The van der Waals surface area contributed by atoms with Gasteiger partial charge in [0, 0.05) is 0 Å². The highest BCUT2D eigenvalue weighted by Gasteiger charge is 2.24. The highest BCUT2D eigenvalue weighted by atomic mass is 32.2. The van der Waals surface area contributed by atoms with Gasteiger partial charge in [-0.3, -0.25) is 9.89 Å². The molecule has 0 atom stereocenters. The molecule has 1 aromatic carbocycles. The molecule has 2 heterocycles. The first-order chi connectivity index (χ1) is 11.8. The number of pyridine rings is 1. The third-order valence-electron chi connectivity index (χ3n) is 3.55. The van der Waals surface area contributed by atoms with Crippen LogP contribution in [0.3, 0.4) is 0 Å². The van der Waals surface area contributed by atoms with Gasteiger partial charge in [-0.05, 0) is 19.1 Å². The van der Waals surface area contributed by atoms with E-state index in [2.05, 4.69) is 10.2 Å². The van der Waals surface area contributed by atoms with Crippen molar-refractivity contribution in [2.45, 2.75) is 11.8 Å². The van der Waals surface area contributed by atoms with Crippen molar-refractivity contribution in [3.63, 3.8) is 0 Å². The average Bonchev–Trinajstić information content (AvgIpc) is 2.94. The van der Waals surface area contributed by atoms with E-state index in [-0.39, 0.29) is 21.6 Å². The van der Waals surface area contributed by atoms with Gasteiger partial charge in [-0.1, -0.05) is 17.7 Å². The molecule has 25 heavy (non-hydrogen) atoms. The van der Waals surface area contributed by atoms with Crippen molar-refractivity contribution in [2.24, 2.45) is 0 Å². The summed E-state index contributed by atoms with van der Waals surface area (Å²) >= 11 is 0. The number of aryl methyl sites for hydroxylation is 1. The van der Waals surface area contributed by atoms with E-state index in [9.17, 15) is 23.6 Å². The molecule has 0 aliphatic rings. The van der Waals surface area contributed by atoms with Gasteiger partial charge >= 0.3 is 0 Å². The summed E-state index contributed by atoms with van der Waals surface area (Å²) in [6, 6.07) is 7.49. The van der Waals surface area contributed by atoms with Gasteiger partial charge in [0.2, 0.25) is 5.88 Å². The lowest BCUT2D eigenvalue weighted by Crippen LogP contribution is -2.34. The molecule has 0 bridgehead atoms. The summed E-state index contributed by atoms with van der Waals surface area (Å²) < 4.78 is 25.3. The predicted molar refractivity (Wildman–Crippen MR) is 88.9 cm³/mol. The smallest absolute Gasteiger partial charge is 0.293 e. The number of aromatic nitrogens is 3. The number of hydrogen-bond acceptors (Lipinski definition) is 7. The molecule has 0 fully saturated rings. The van der Waals surface area contributed by atoms with Gasteiger partial charge in [-0.2, -0.15) is 23.5 Å². The van der Waals surface area contributed by atoms with Gasteiger partial charge in [0.25, 0.3) is 15.6 Å². The minimum absolute atomic E-state index is 0.0757. The van der Waals surface area contributed by atoms with Crippen molar-refractivity contribution in [1.29, 1.82) is 5.26 Å². The molecular weight excluding hydrogens is 348 g/mol. The van der Waals surface area contributed by atoms with Crippen molar-refractivity contribution >= 4 is 26.7 Å². The fourth-order valence-electron chi connectivity index (χ4n) is 2.27. The molecule has 128 valence electrons.